The van der Waals surface area contributed by atoms with Gasteiger partial charge in [-0.2, -0.15) is 0 Å². The van der Waals surface area contributed by atoms with E-state index in [0.29, 0.717) is 28.1 Å². The molecule has 0 fully saturated rings. The average molecular weight is 551 g/mol. The molecule has 0 saturated heterocycles. The summed E-state index contributed by atoms with van der Waals surface area (Å²) in [5.41, 5.74) is 8.06. The van der Waals surface area contributed by atoms with Crippen LogP contribution in [-0.2, 0) is 0 Å². The van der Waals surface area contributed by atoms with E-state index in [9.17, 15) is 14.9 Å². The fourth-order valence-electron chi connectivity index (χ4n) is 5.32. The van der Waals surface area contributed by atoms with E-state index in [-0.39, 0.29) is 17.2 Å². The Hall–Kier alpha value is -5.45. The van der Waals surface area contributed by atoms with Crippen molar-refractivity contribution in [2.75, 3.05) is 0 Å². The Morgan fingerprint density at radius 3 is 1.85 bits per heavy atom. The van der Waals surface area contributed by atoms with E-state index in [2.05, 4.69) is 21.8 Å². The van der Waals surface area contributed by atoms with Gasteiger partial charge < -0.3 is 0 Å². The van der Waals surface area contributed by atoms with Crippen LogP contribution in [0.5, 0.6) is 0 Å². The summed E-state index contributed by atoms with van der Waals surface area (Å²) in [6.07, 6.45) is 3.48. The van der Waals surface area contributed by atoms with E-state index in [0.717, 1.165) is 52.5 Å². The predicted molar refractivity (Wildman–Crippen MR) is 153 cm³/mol. The van der Waals surface area contributed by atoms with E-state index in [1.165, 1.54) is 34.8 Å². The summed E-state index contributed by atoms with van der Waals surface area (Å²) in [5.74, 6) is -0.342. The van der Waals surface area contributed by atoms with Crippen LogP contribution in [0, 0.1) is 48.5 Å². The summed E-state index contributed by atoms with van der Waals surface area (Å²) in [5, 5.41) is 19.7. The highest BCUT2D eigenvalue weighted by Gasteiger charge is 2.38. The maximum absolute atomic E-state index is 13.5. The van der Waals surface area contributed by atoms with Gasteiger partial charge in [-0.1, -0.05) is 12.1 Å². The van der Waals surface area contributed by atoms with Gasteiger partial charge in [-0.15, -0.1) is 22.7 Å². The van der Waals surface area contributed by atoms with Crippen LogP contribution in [-0.4, -0.2) is 9.97 Å². The molecule has 0 atom stereocenters. The number of thiophene rings is 2. The zero-order chi connectivity index (χ0) is 27.7. The lowest BCUT2D eigenvalue weighted by Gasteiger charge is -2.07. The van der Waals surface area contributed by atoms with E-state index >= 15 is 0 Å². The van der Waals surface area contributed by atoms with E-state index in [1.807, 2.05) is 19.1 Å². The van der Waals surface area contributed by atoms with Gasteiger partial charge in [-0.25, -0.2) is 24.6 Å². The van der Waals surface area contributed by atoms with Crippen molar-refractivity contribution in [2.45, 2.75) is 6.92 Å². The van der Waals surface area contributed by atoms with Gasteiger partial charge in [-0.05, 0) is 42.3 Å². The van der Waals surface area contributed by atoms with E-state index < -0.39 is 0 Å². The highest BCUT2D eigenvalue weighted by atomic mass is 32.1. The molecule has 2 aliphatic rings. The van der Waals surface area contributed by atoms with Crippen molar-refractivity contribution >= 4 is 43.2 Å². The summed E-state index contributed by atoms with van der Waals surface area (Å²) in [6, 6.07) is 14.0. The topological polar surface area (TPSA) is 82.1 Å². The van der Waals surface area contributed by atoms with Crippen LogP contribution in [0.3, 0.4) is 0 Å². The van der Waals surface area contributed by atoms with Crippen LogP contribution < -0.4 is 0 Å². The lowest BCUT2D eigenvalue weighted by Crippen LogP contribution is -1.90. The summed E-state index contributed by atoms with van der Waals surface area (Å²) in [4.78, 5) is 18.2. The molecule has 40 heavy (non-hydrogen) atoms. The molecular weight excluding hydrogens is 540 g/mol. The number of benzene rings is 1. The monoisotopic (exact) mass is 550 g/mol. The van der Waals surface area contributed by atoms with Crippen LogP contribution >= 0.6 is 22.7 Å². The summed E-state index contributed by atoms with van der Waals surface area (Å²) in [6.45, 7) is 17.3. The van der Waals surface area contributed by atoms with Crippen molar-refractivity contribution in [1.82, 2.24) is 9.97 Å². The Bertz CT molecular complexity index is 2190. The van der Waals surface area contributed by atoms with Gasteiger partial charge in [0.25, 0.3) is 11.4 Å². The molecular formula is C31H11FN6S2. The van der Waals surface area contributed by atoms with E-state index in [4.69, 9.17) is 23.1 Å². The third-order valence-electron chi connectivity index (χ3n) is 6.99. The SMILES string of the molecule is [C-]#[N+]/C(C#N)=C1/c2cc(-c3ccc(F)cc3)cnc2-c2c1sc1c3c(sc21)/C(=C(\C#N)[N+]#[C-])c1cc(C)cnc1-3. The molecule has 7 rings (SSSR count). The third kappa shape index (κ3) is 3.08. The number of hydrogen-bond acceptors (Lipinski definition) is 6. The zero-order valence-electron chi connectivity index (χ0n) is 20.5. The smallest absolute Gasteiger partial charge is 0.255 e. The number of aryl methyl sites for hydroxylation is 1. The van der Waals surface area contributed by atoms with Crippen LogP contribution in [0.4, 0.5) is 4.39 Å². The zero-order valence-corrected chi connectivity index (χ0v) is 22.1. The highest BCUT2D eigenvalue weighted by Crippen LogP contribution is 2.61. The molecule has 0 bridgehead atoms. The number of pyridine rings is 2. The normalized spacial score (nSPS) is 14.8. The Balaban J connectivity index is 1.55. The molecule has 9 heteroatoms. The number of fused-ring (bicyclic) bond motifs is 9. The second-order valence-electron chi connectivity index (χ2n) is 9.20. The summed E-state index contributed by atoms with van der Waals surface area (Å²) < 4.78 is 15.4. The minimum atomic E-state index is -0.342. The molecule has 0 aliphatic heterocycles. The lowest BCUT2D eigenvalue weighted by molar-refractivity contribution is 0.628. The van der Waals surface area contributed by atoms with Crippen LogP contribution in [0.15, 0.2) is 60.2 Å². The molecule has 4 heterocycles. The molecule has 2 aliphatic carbocycles. The summed E-state index contributed by atoms with van der Waals surface area (Å²) in [7, 11) is 0. The number of aromatic nitrogens is 2. The Morgan fingerprint density at radius 2 is 1.32 bits per heavy atom. The van der Waals surface area contributed by atoms with Crippen LogP contribution in [0.1, 0.15) is 26.4 Å². The molecule has 0 radical (unpaired) electrons. The van der Waals surface area contributed by atoms with Gasteiger partial charge in [-0.3, -0.25) is 9.97 Å². The number of hydrogen-bond donors (Lipinski definition) is 0. The van der Waals surface area contributed by atoms with Crippen molar-refractivity contribution in [2.24, 2.45) is 0 Å². The Kier molecular flexibility index (Phi) is 5.04. The van der Waals surface area contributed by atoms with Crippen molar-refractivity contribution in [3.05, 3.63) is 115 Å². The highest BCUT2D eigenvalue weighted by molar-refractivity contribution is 7.31. The maximum atomic E-state index is 13.5. The fourth-order valence-corrected chi connectivity index (χ4v) is 8.32. The first kappa shape index (κ1) is 23.7. The number of halogens is 1. The molecule has 0 saturated carbocycles. The van der Waals surface area contributed by atoms with E-state index in [1.54, 1.807) is 24.5 Å². The molecule has 6 nitrogen and oxygen atoms in total. The molecule has 0 N–H and O–H groups in total. The maximum Gasteiger partial charge on any atom is 0.271 e. The quantitative estimate of drug-likeness (QED) is 0.152. The molecule has 184 valence electrons. The Morgan fingerprint density at radius 1 is 0.800 bits per heavy atom. The first-order valence-corrected chi connectivity index (χ1v) is 13.5. The van der Waals surface area contributed by atoms with Crippen molar-refractivity contribution in [3.8, 4) is 45.8 Å². The molecule has 1 aromatic carbocycles. The standard InChI is InChI=1S/C31H11FN6S2/c1-14-8-18-22(20(10-33)35-2)28-24(26(18)37-12-14)30-31(39-28)25-27-19(23(29(25)40-30)21(11-34)36-3)9-16(13-38-27)15-4-6-17(32)7-5-15/h4-9,12-13H,1H3/b22-20+,23-21-. The second kappa shape index (κ2) is 8.53. The molecule has 5 aromatic rings. The van der Waals surface area contributed by atoms with Gasteiger partial charge >= 0.3 is 0 Å². The Labute approximate surface area is 235 Å². The van der Waals surface area contributed by atoms with Crippen LogP contribution in [0.25, 0.3) is 63.9 Å². The number of nitrogens with zero attached hydrogens (tertiary/aromatic N) is 6. The fraction of sp³-hybridized carbons (Fsp3) is 0.0323. The third-order valence-corrected chi connectivity index (χ3v) is 9.57. The van der Waals surface area contributed by atoms with Gasteiger partial charge in [0.2, 0.25) is 0 Å². The van der Waals surface area contributed by atoms with Crippen LogP contribution in [0.2, 0.25) is 0 Å². The average Bonchev–Trinajstić information content (AvgIpc) is 3.67. The van der Waals surface area contributed by atoms with Crippen molar-refractivity contribution < 1.29 is 4.39 Å². The first-order chi connectivity index (χ1) is 19.5. The predicted octanol–water partition coefficient (Wildman–Crippen LogP) is 8.23. The number of allylic oxidation sites excluding steroid dienone is 2. The lowest BCUT2D eigenvalue weighted by atomic mass is 10.0. The minimum Gasteiger partial charge on any atom is -0.255 e. The molecule has 0 spiro atoms. The van der Waals surface area contributed by atoms with Gasteiger partial charge in [0.05, 0.1) is 46.1 Å². The minimum absolute atomic E-state index is 0.0146. The number of rotatable bonds is 1. The second-order valence-corrected chi connectivity index (χ2v) is 11.2. The van der Waals surface area contributed by atoms with Gasteiger partial charge in [0, 0.05) is 61.1 Å². The molecule has 0 amide bonds. The molecule has 0 unspecified atom stereocenters. The van der Waals surface area contributed by atoms with Gasteiger partial charge in [0.1, 0.15) is 5.82 Å². The largest absolute Gasteiger partial charge is 0.271 e. The van der Waals surface area contributed by atoms with Gasteiger partial charge in [0.15, 0.2) is 0 Å². The van der Waals surface area contributed by atoms with Crippen molar-refractivity contribution in [3.63, 3.8) is 0 Å². The molecule has 4 aromatic heterocycles. The summed E-state index contributed by atoms with van der Waals surface area (Å²) >= 11 is 2.94. The first-order valence-electron chi connectivity index (χ1n) is 11.9. The van der Waals surface area contributed by atoms with Crippen molar-refractivity contribution in [1.29, 1.82) is 10.5 Å². The number of nitriles is 2.